The molecule has 8 nitrogen and oxygen atoms in total. The topological polar surface area (TPSA) is 107 Å². The maximum Gasteiger partial charge on any atom is 0.140 e. The van der Waals surface area contributed by atoms with Gasteiger partial charge in [0.05, 0.1) is 41.1 Å². The number of pyridine rings is 1. The van der Waals surface area contributed by atoms with Crippen LogP contribution in [0.1, 0.15) is 69.0 Å². The lowest BCUT2D eigenvalue weighted by atomic mass is 9.98. The normalized spacial score (nSPS) is 15.7. The van der Waals surface area contributed by atoms with Crippen molar-refractivity contribution in [3.8, 4) is 5.75 Å². The highest BCUT2D eigenvalue weighted by atomic mass is 16.5. The van der Waals surface area contributed by atoms with E-state index in [1.54, 1.807) is 7.05 Å². The molecule has 1 fully saturated rings. The molecule has 1 aliphatic carbocycles. The Morgan fingerprint density at radius 1 is 1.29 bits per heavy atom. The smallest absolute Gasteiger partial charge is 0.140 e. The first-order valence-corrected chi connectivity index (χ1v) is 11.2. The quantitative estimate of drug-likeness (QED) is 0.437. The van der Waals surface area contributed by atoms with Gasteiger partial charge in [0.25, 0.3) is 0 Å². The molecule has 0 radical (unpaired) electrons. The Bertz CT molecular complexity index is 911. The Morgan fingerprint density at radius 2 is 2.00 bits per heavy atom. The molecule has 3 rings (SSSR count). The molecule has 2 heterocycles. The fourth-order valence-corrected chi connectivity index (χ4v) is 3.85. The minimum atomic E-state index is 0.289. The van der Waals surface area contributed by atoms with Crippen molar-refractivity contribution in [2.45, 2.75) is 64.9 Å². The van der Waals surface area contributed by atoms with E-state index in [2.05, 4.69) is 30.3 Å². The van der Waals surface area contributed by atoms with E-state index in [1.165, 1.54) is 24.3 Å². The van der Waals surface area contributed by atoms with Gasteiger partial charge in [0.1, 0.15) is 11.6 Å². The lowest BCUT2D eigenvalue weighted by Gasteiger charge is -2.24. The average molecular weight is 428 g/mol. The van der Waals surface area contributed by atoms with Crippen molar-refractivity contribution in [3.05, 3.63) is 41.0 Å². The molecule has 2 aromatic rings. The molecule has 5 N–H and O–H groups in total. The van der Waals surface area contributed by atoms with Crippen LogP contribution in [-0.2, 0) is 7.05 Å². The molecule has 0 spiro atoms. The number of hydrogen-bond acceptors (Lipinski definition) is 7. The fraction of sp³-hybridized carbons (Fsp3) is 0.565. The van der Waals surface area contributed by atoms with Crippen molar-refractivity contribution < 1.29 is 4.74 Å². The highest BCUT2D eigenvalue weighted by Gasteiger charge is 2.18. The van der Waals surface area contributed by atoms with Crippen LogP contribution in [0.4, 0.5) is 5.82 Å². The van der Waals surface area contributed by atoms with Gasteiger partial charge in [-0.15, -0.1) is 0 Å². The SMILES string of the molecule is Cc1nc(/C(N)=C(\CNc2cc(C(C)C)nn2C)N(C)N)ccc1OC1CCCCC1. The summed E-state index contributed by atoms with van der Waals surface area (Å²) < 4.78 is 8.03. The first kappa shape index (κ1) is 22.9. The lowest BCUT2D eigenvalue weighted by Crippen LogP contribution is -2.32. The number of hydrogen-bond donors (Lipinski definition) is 3. The molecule has 31 heavy (non-hydrogen) atoms. The summed E-state index contributed by atoms with van der Waals surface area (Å²) >= 11 is 0. The summed E-state index contributed by atoms with van der Waals surface area (Å²) in [5.74, 6) is 8.21. The molecular weight excluding hydrogens is 390 g/mol. The first-order chi connectivity index (χ1) is 14.8. The van der Waals surface area contributed by atoms with E-state index in [9.17, 15) is 0 Å². The van der Waals surface area contributed by atoms with Gasteiger partial charge in [-0.25, -0.2) is 10.8 Å². The van der Waals surface area contributed by atoms with Gasteiger partial charge in [0.2, 0.25) is 0 Å². The monoisotopic (exact) mass is 427 g/mol. The number of nitrogens with two attached hydrogens (primary N) is 2. The summed E-state index contributed by atoms with van der Waals surface area (Å²) in [6, 6.07) is 5.93. The maximum atomic E-state index is 6.49. The van der Waals surface area contributed by atoms with Crippen LogP contribution in [0.25, 0.3) is 5.70 Å². The zero-order valence-corrected chi connectivity index (χ0v) is 19.5. The standard InChI is InChI=1S/C23H37N7O/c1-15(2)19-13-22(30(5)28-19)26-14-20(29(4)25)23(24)18-11-12-21(16(3)27-18)31-17-9-7-6-8-10-17/h11-13,15,17,26H,6-10,14,24-25H2,1-5H3/b23-20-. The highest BCUT2D eigenvalue weighted by Crippen LogP contribution is 2.26. The third-order valence-corrected chi connectivity index (χ3v) is 5.82. The summed E-state index contributed by atoms with van der Waals surface area (Å²) in [4.78, 5) is 4.71. The molecule has 170 valence electrons. The van der Waals surface area contributed by atoms with Crippen molar-refractivity contribution in [2.24, 2.45) is 18.6 Å². The van der Waals surface area contributed by atoms with Crippen LogP contribution in [-0.4, -0.2) is 39.5 Å². The minimum absolute atomic E-state index is 0.289. The van der Waals surface area contributed by atoms with Crippen LogP contribution in [0.2, 0.25) is 0 Å². The molecule has 1 saturated carbocycles. The number of nitrogens with zero attached hydrogens (tertiary/aromatic N) is 4. The largest absolute Gasteiger partial charge is 0.489 e. The zero-order chi connectivity index (χ0) is 22.5. The van der Waals surface area contributed by atoms with Crippen molar-refractivity contribution in [3.63, 3.8) is 0 Å². The van der Waals surface area contributed by atoms with Crippen LogP contribution in [0.15, 0.2) is 23.9 Å². The number of ether oxygens (including phenoxy) is 1. The van der Waals surface area contributed by atoms with Gasteiger partial charge in [0, 0.05) is 20.2 Å². The van der Waals surface area contributed by atoms with Gasteiger partial charge in [-0.05, 0) is 50.7 Å². The zero-order valence-electron chi connectivity index (χ0n) is 19.5. The molecule has 0 saturated heterocycles. The number of aryl methyl sites for hydroxylation is 2. The number of hydrazine groups is 1. The van der Waals surface area contributed by atoms with Crippen LogP contribution in [0, 0.1) is 6.92 Å². The van der Waals surface area contributed by atoms with Crippen molar-refractivity contribution in [1.82, 2.24) is 19.8 Å². The van der Waals surface area contributed by atoms with E-state index in [0.29, 0.717) is 23.9 Å². The van der Waals surface area contributed by atoms with Crippen LogP contribution >= 0.6 is 0 Å². The number of aromatic nitrogens is 3. The fourth-order valence-electron chi connectivity index (χ4n) is 3.85. The Kier molecular flexibility index (Phi) is 7.43. The second-order valence-corrected chi connectivity index (χ2v) is 8.72. The average Bonchev–Trinajstić information content (AvgIpc) is 3.11. The lowest BCUT2D eigenvalue weighted by molar-refractivity contribution is 0.153. The Hall–Kier alpha value is -2.74. The maximum absolute atomic E-state index is 6.49. The number of likely N-dealkylation sites (N-methyl/N-ethyl adjacent to an activating group) is 1. The van der Waals surface area contributed by atoms with Crippen LogP contribution in [0.5, 0.6) is 5.75 Å². The predicted octanol–water partition coefficient (Wildman–Crippen LogP) is 3.50. The summed E-state index contributed by atoms with van der Waals surface area (Å²) in [5.41, 5.74) is 10.3. The molecule has 8 heteroatoms. The van der Waals surface area contributed by atoms with E-state index in [1.807, 2.05) is 30.8 Å². The summed E-state index contributed by atoms with van der Waals surface area (Å²) in [6.45, 7) is 6.66. The van der Waals surface area contributed by atoms with Crippen molar-refractivity contribution in [2.75, 3.05) is 18.9 Å². The number of anilines is 1. The minimum Gasteiger partial charge on any atom is -0.489 e. The van der Waals surface area contributed by atoms with Gasteiger partial charge < -0.3 is 20.8 Å². The summed E-state index contributed by atoms with van der Waals surface area (Å²) in [7, 11) is 3.70. The number of rotatable bonds is 8. The molecule has 1 aliphatic rings. The molecule has 0 bridgehead atoms. The second kappa shape index (κ2) is 10.0. The van der Waals surface area contributed by atoms with E-state index in [-0.39, 0.29) is 6.10 Å². The van der Waals surface area contributed by atoms with Crippen LogP contribution < -0.4 is 21.6 Å². The second-order valence-electron chi connectivity index (χ2n) is 8.72. The van der Waals surface area contributed by atoms with E-state index >= 15 is 0 Å². The van der Waals surface area contributed by atoms with E-state index < -0.39 is 0 Å². The number of nitrogens with one attached hydrogen (secondary N) is 1. The van der Waals surface area contributed by atoms with Crippen LogP contribution in [0.3, 0.4) is 0 Å². The van der Waals surface area contributed by atoms with E-state index in [4.69, 9.17) is 21.3 Å². The summed E-state index contributed by atoms with van der Waals surface area (Å²) in [5, 5.41) is 9.46. The molecule has 0 aliphatic heterocycles. The van der Waals surface area contributed by atoms with Gasteiger partial charge in [0.15, 0.2) is 0 Å². The Morgan fingerprint density at radius 3 is 2.58 bits per heavy atom. The predicted molar refractivity (Wildman–Crippen MR) is 125 cm³/mol. The third-order valence-electron chi connectivity index (χ3n) is 5.82. The van der Waals surface area contributed by atoms with E-state index in [0.717, 1.165) is 41.5 Å². The van der Waals surface area contributed by atoms with Gasteiger partial charge >= 0.3 is 0 Å². The van der Waals surface area contributed by atoms with Gasteiger partial charge in [-0.3, -0.25) is 4.68 Å². The first-order valence-electron chi connectivity index (χ1n) is 11.2. The molecule has 0 aromatic carbocycles. The third kappa shape index (κ3) is 5.70. The van der Waals surface area contributed by atoms with Crippen molar-refractivity contribution in [1.29, 1.82) is 0 Å². The molecule has 0 atom stereocenters. The highest BCUT2D eigenvalue weighted by molar-refractivity contribution is 5.64. The van der Waals surface area contributed by atoms with Crippen molar-refractivity contribution >= 4 is 11.5 Å². The van der Waals surface area contributed by atoms with Gasteiger partial charge in [-0.1, -0.05) is 20.3 Å². The molecule has 0 unspecified atom stereocenters. The Balaban J connectivity index is 1.76. The molecule has 2 aromatic heterocycles. The van der Waals surface area contributed by atoms with Gasteiger partial charge in [-0.2, -0.15) is 5.10 Å². The molecular formula is C23H37N7O. The molecule has 0 amide bonds. The Labute approximate surface area is 185 Å². The summed E-state index contributed by atoms with van der Waals surface area (Å²) in [6.07, 6.45) is 6.29.